The van der Waals surface area contributed by atoms with Crippen LogP contribution in [-0.2, 0) is 14.6 Å². The summed E-state index contributed by atoms with van der Waals surface area (Å²) < 4.78 is 28.7. The number of hydrogen-bond acceptors (Lipinski definition) is 5. The Morgan fingerprint density at radius 3 is 2.81 bits per heavy atom. The number of nitrogens with one attached hydrogen (secondary N) is 1. The zero-order valence-electron chi connectivity index (χ0n) is 11.7. The highest BCUT2D eigenvalue weighted by Crippen LogP contribution is 2.20. The second-order valence-electron chi connectivity index (χ2n) is 5.07. The lowest BCUT2D eigenvalue weighted by molar-refractivity contribution is -0.121. The average Bonchev–Trinajstić information content (AvgIpc) is 2.77. The molecule has 0 aromatic heterocycles. The maximum atomic E-state index is 11.7. The molecule has 116 valence electrons. The van der Waals surface area contributed by atoms with Gasteiger partial charge in [-0.25, -0.2) is 8.42 Å². The number of nitrogen functional groups attached to an aromatic ring is 1. The van der Waals surface area contributed by atoms with Gasteiger partial charge in [0.2, 0.25) is 5.91 Å². The van der Waals surface area contributed by atoms with Crippen molar-refractivity contribution in [3.8, 4) is 5.75 Å². The molecule has 1 amide bonds. The van der Waals surface area contributed by atoms with Crippen LogP contribution in [0.3, 0.4) is 0 Å². The van der Waals surface area contributed by atoms with Crippen LogP contribution >= 0.6 is 0 Å². The normalized spacial score (nSPS) is 20.1. The number of benzene rings is 1. The number of hydrogen-bond donors (Lipinski definition) is 2. The Kier molecular flexibility index (Phi) is 5.06. The second-order valence-corrected chi connectivity index (χ2v) is 7.47. The van der Waals surface area contributed by atoms with Crippen LogP contribution in [0.1, 0.15) is 19.3 Å². The smallest absolute Gasteiger partial charge is 0.223 e. The third-order valence-corrected chi connectivity index (χ3v) is 5.77. The zero-order chi connectivity index (χ0) is 15.3. The standard InChI is InChI=1S/C14H20N2O4S/c15-12-5-1-2-6-13(12)20-8-7-14(17)16-10-11-4-3-9-21(11,18)19/h1-2,5-6,11H,3-4,7-10,15H2,(H,16,17). The monoisotopic (exact) mass is 312 g/mol. The van der Waals surface area contributed by atoms with Gasteiger partial charge in [0.25, 0.3) is 0 Å². The van der Waals surface area contributed by atoms with Crippen molar-refractivity contribution in [2.75, 3.05) is 24.6 Å². The van der Waals surface area contributed by atoms with E-state index in [0.29, 0.717) is 24.3 Å². The lowest BCUT2D eigenvalue weighted by Crippen LogP contribution is -2.35. The van der Waals surface area contributed by atoms with Gasteiger partial charge in [0, 0.05) is 6.54 Å². The minimum atomic E-state index is -3.01. The summed E-state index contributed by atoms with van der Waals surface area (Å²) in [5.74, 6) is 0.555. The quantitative estimate of drug-likeness (QED) is 0.755. The van der Waals surface area contributed by atoms with Crippen molar-refractivity contribution >= 4 is 21.4 Å². The number of rotatable bonds is 6. The van der Waals surface area contributed by atoms with E-state index in [1.807, 2.05) is 0 Å². The molecule has 1 heterocycles. The van der Waals surface area contributed by atoms with E-state index in [2.05, 4.69) is 5.32 Å². The predicted molar refractivity (Wildman–Crippen MR) is 80.8 cm³/mol. The summed E-state index contributed by atoms with van der Waals surface area (Å²) in [4.78, 5) is 11.7. The first-order valence-electron chi connectivity index (χ1n) is 6.94. The molecule has 2 rings (SSSR count). The van der Waals surface area contributed by atoms with Gasteiger partial charge in [0.15, 0.2) is 9.84 Å². The van der Waals surface area contributed by atoms with Gasteiger partial charge >= 0.3 is 0 Å². The van der Waals surface area contributed by atoms with Crippen molar-refractivity contribution in [2.24, 2.45) is 0 Å². The van der Waals surface area contributed by atoms with Crippen molar-refractivity contribution in [1.29, 1.82) is 0 Å². The summed E-state index contributed by atoms with van der Waals surface area (Å²) in [5, 5.41) is 2.21. The number of anilines is 1. The molecule has 1 aliphatic rings. The van der Waals surface area contributed by atoms with Crippen LogP contribution in [-0.4, -0.2) is 38.5 Å². The fraction of sp³-hybridized carbons (Fsp3) is 0.500. The molecule has 3 N–H and O–H groups in total. The van der Waals surface area contributed by atoms with Gasteiger partial charge in [0.1, 0.15) is 5.75 Å². The van der Waals surface area contributed by atoms with Crippen molar-refractivity contribution in [3.63, 3.8) is 0 Å². The van der Waals surface area contributed by atoms with E-state index in [0.717, 1.165) is 0 Å². The molecule has 0 spiro atoms. The van der Waals surface area contributed by atoms with Gasteiger partial charge in [-0.05, 0) is 25.0 Å². The van der Waals surface area contributed by atoms with Crippen LogP contribution in [0, 0.1) is 0 Å². The number of amides is 1. The van der Waals surface area contributed by atoms with E-state index in [4.69, 9.17) is 10.5 Å². The fourth-order valence-corrected chi connectivity index (χ4v) is 4.03. The van der Waals surface area contributed by atoms with Crippen LogP contribution in [0.5, 0.6) is 5.75 Å². The SMILES string of the molecule is Nc1ccccc1OCCC(=O)NCC1CCCS1(=O)=O. The molecule has 0 bridgehead atoms. The molecule has 1 aromatic rings. The first kappa shape index (κ1) is 15.6. The lowest BCUT2D eigenvalue weighted by atomic mass is 10.2. The van der Waals surface area contributed by atoms with Crippen LogP contribution in [0.4, 0.5) is 5.69 Å². The Morgan fingerprint density at radius 1 is 1.38 bits per heavy atom. The maximum Gasteiger partial charge on any atom is 0.223 e. The van der Waals surface area contributed by atoms with Crippen molar-refractivity contribution in [1.82, 2.24) is 5.32 Å². The Balaban J connectivity index is 1.70. The van der Waals surface area contributed by atoms with Gasteiger partial charge in [-0.2, -0.15) is 0 Å². The summed E-state index contributed by atoms with van der Waals surface area (Å²) in [6, 6.07) is 7.06. The number of nitrogens with two attached hydrogens (primary N) is 1. The van der Waals surface area contributed by atoms with Gasteiger partial charge in [-0.15, -0.1) is 0 Å². The van der Waals surface area contributed by atoms with Crippen molar-refractivity contribution < 1.29 is 17.9 Å². The third-order valence-electron chi connectivity index (χ3n) is 3.50. The van der Waals surface area contributed by atoms with Gasteiger partial charge in [-0.1, -0.05) is 12.1 Å². The highest BCUT2D eigenvalue weighted by Gasteiger charge is 2.31. The van der Waals surface area contributed by atoms with Gasteiger partial charge in [-0.3, -0.25) is 4.79 Å². The number of sulfone groups is 1. The van der Waals surface area contributed by atoms with E-state index in [9.17, 15) is 13.2 Å². The Labute approximate surface area is 124 Å². The van der Waals surface area contributed by atoms with E-state index in [1.54, 1.807) is 24.3 Å². The summed E-state index contributed by atoms with van der Waals surface area (Å²) in [7, 11) is -3.01. The van der Waals surface area contributed by atoms with Gasteiger partial charge < -0.3 is 15.8 Å². The predicted octanol–water partition coefficient (Wildman–Crippen LogP) is 0.731. The Morgan fingerprint density at radius 2 is 2.14 bits per heavy atom. The van der Waals surface area contributed by atoms with E-state index >= 15 is 0 Å². The average molecular weight is 312 g/mol. The van der Waals surface area contributed by atoms with Crippen LogP contribution in [0.25, 0.3) is 0 Å². The number of carbonyl (C=O) groups is 1. The number of para-hydroxylation sites is 2. The largest absolute Gasteiger partial charge is 0.491 e. The highest BCUT2D eigenvalue weighted by atomic mass is 32.2. The number of carbonyl (C=O) groups excluding carboxylic acids is 1. The molecule has 0 aliphatic carbocycles. The Hall–Kier alpha value is -1.76. The number of ether oxygens (including phenoxy) is 1. The molecule has 1 saturated heterocycles. The van der Waals surface area contributed by atoms with E-state index in [-0.39, 0.29) is 31.2 Å². The van der Waals surface area contributed by atoms with E-state index in [1.165, 1.54) is 0 Å². The molecule has 7 heteroatoms. The maximum absolute atomic E-state index is 11.7. The van der Waals surface area contributed by atoms with Crippen molar-refractivity contribution in [3.05, 3.63) is 24.3 Å². The molecule has 6 nitrogen and oxygen atoms in total. The first-order valence-corrected chi connectivity index (χ1v) is 8.66. The molecule has 0 saturated carbocycles. The summed E-state index contributed by atoms with van der Waals surface area (Å²) in [6.45, 7) is 0.395. The van der Waals surface area contributed by atoms with Crippen molar-refractivity contribution in [2.45, 2.75) is 24.5 Å². The van der Waals surface area contributed by atoms with Crippen LogP contribution in [0.15, 0.2) is 24.3 Å². The summed E-state index contributed by atoms with van der Waals surface area (Å²) in [6.07, 6.45) is 1.47. The minimum absolute atomic E-state index is 0.168. The molecular formula is C14H20N2O4S. The molecule has 1 fully saturated rings. The molecule has 1 atom stereocenters. The van der Waals surface area contributed by atoms with Gasteiger partial charge in [0.05, 0.1) is 29.7 Å². The first-order chi connectivity index (χ1) is 9.99. The summed E-state index contributed by atoms with van der Waals surface area (Å²) in [5.41, 5.74) is 6.24. The molecular weight excluding hydrogens is 292 g/mol. The lowest BCUT2D eigenvalue weighted by Gasteiger charge is -2.11. The third kappa shape index (κ3) is 4.35. The molecule has 1 aliphatic heterocycles. The summed E-state index contributed by atoms with van der Waals surface area (Å²) >= 11 is 0. The molecule has 1 unspecified atom stereocenters. The topological polar surface area (TPSA) is 98.5 Å². The Bertz CT molecular complexity index is 601. The molecule has 1 aromatic carbocycles. The van der Waals surface area contributed by atoms with Crippen LogP contribution in [0.2, 0.25) is 0 Å². The zero-order valence-corrected chi connectivity index (χ0v) is 12.6. The molecule has 0 radical (unpaired) electrons. The highest BCUT2D eigenvalue weighted by molar-refractivity contribution is 7.92. The molecule has 21 heavy (non-hydrogen) atoms. The van der Waals surface area contributed by atoms with Crippen LogP contribution < -0.4 is 15.8 Å². The minimum Gasteiger partial charge on any atom is -0.491 e. The van der Waals surface area contributed by atoms with E-state index < -0.39 is 15.1 Å². The fourth-order valence-electron chi connectivity index (χ4n) is 2.27. The second kappa shape index (κ2) is 6.80.